The number of nitrogens with zero attached hydrogens (tertiary/aromatic N) is 2. The van der Waals surface area contributed by atoms with E-state index in [1.807, 2.05) is 54.6 Å². The van der Waals surface area contributed by atoms with Crippen molar-refractivity contribution < 1.29 is 9.47 Å². The maximum absolute atomic E-state index is 6.29. The van der Waals surface area contributed by atoms with Gasteiger partial charge in [-0.2, -0.15) is 4.98 Å². The summed E-state index contributed by atoms with van der Waals surface area (Å²) in [5.74, 6) is 3.22. The number of anilines is 3. The maximum Gasteiger partial charge on any atom is 0.229 e. The third kappa shape index (κ3) is 4.98. The molecule has 0 bridgehead atoms. The molecule has 7 heteroatoms. The molecule has 4 aromatic rings. The standard InChI is InChI=1S/C24H24N4O2.ClH/c1-15(2)16-10-12-17(13-11-16)26-24-27-20-8-5-9-21(22(20)23(25)28-24)30-19-7-4-6-18(14-19)29-3;/h4-15H,1-3H3,(H3,25,26,27,28);1H. The lowest BCUT2D eigenvalue weighted by Gasteiger charge is -2.13. The number of halogens is 1. The number of ether oxygens (including phenoxy) is 2. The van der Waals surface area contributed by atoms with Crippen molar-refractivity contribution >= 4 is 40.8 Å². The second-order valence-electron chi connectivity index (χ2n) is 7.27. The fraction of sp³-hybridized carbons (Fsp3) is 0.167. The minimum absolute atomic E-state index is 0. The molecule has 0 aliphatic rings. The van der Waals surface area contributed by atoms with Gasteiger partial charge in [-0.25, -0.2) is 4.98 Å². The Morgan fingerprint density at radius 3 is 2.32 bits per heavy atom. The lowest BCUT2D eigenvalue weighted by molar-refractivity contribution is 0.409. The SMILES string of the molecule is COc1cccc(Oc2cccc3nc(Nc4ccc(C(C)C)cc4)nc(N)c23)c1.Cl. The van der Waals surface area contributed by atoms with Gasteiger partial charge in [0.25, 0.3) is 0 Å². The van der Waals surface area contributed by atoms with E-state index in [1.165, 1.54) is 5.56 Å². The zero-order chi connectivity index (χ0) is 21.1. The number of rotatable bonds is 6. The van der Waals surface area contributed by atoms with Gasteiger partial charge in [-0.3, -0.25) is 0 Å². The van der Waals surface area contributed by atoms with Crippen LogP contribution in [-0.2, 0) is 0 Å². The van der Waals surface area contributed by atoms with Gasteiger partial charge in [0, 0.05) is 11.8 Å². The van der Waals surface area contributed by atoms with E-state index in [0.717, 1.165) is 5.69 Å². The first kappa shape index (κ1) is 22.2. The number of fused-ring (bicyclic) bond motifs is 1. The Labute approximate surface area is 187 Å². The van der Waals surface area contributed by atoms with Crippen molar-refractivity contribution in [3.05, 3.63) is 72.3 Å². The summed E-state index contributed by atoms with van der Waals surface area (Å²) in [5.41, 5.74) is 9.17. The third-order valence-corrected chi connectivity index (χ3v) is 4.82. The molecule has 3 N–H and O–H groups in total. The molecule has 0 amide bonds. The molecule has 0 saturated heterocycles. The molecule has 1 heterocycles. The van der Waals surface area contributed by atoms with Crippen LogP contribution in [0.1, 0.15) is 25.3 Å². The van der Waals surface area contributed by atoms with Gasteiger partial charge in [-0.1, -0.05) is 38.1 Å². The quantitative estimate of drug-likeness (QED) is 0.369. The van der Waals surface area contributed by atoms with E-state index >= 15 is 0 Å². The Bertz CT molecular complexity index is 1180. The zero-order valence-electron chi connectivity index (χ0n) is 17.6. The van der Waals surface area contributed by atoms with Gasteiger partial charge in [-0.05, 0) is 47.9 Å². The largest absolute Gasteiger partial charge is 0.497 e. The van der Waals surface area contributed by atoms with Crippen LogP contribution in [0.15, 0.2) is 66.7 Å². The average molecular weight is 437 g/mol. The predicted octanol–water partition coefficient (Wildman–Crippen LogP) is 6.30. The summed E-state index contributed by atoms with van der Waals surface area (Å²) < 4.78 is 11.3. The maximum atomic E-state index is 6.29. The van der Waals surface area contributed by atoms with Gasteiger partial charge >= 0.3 is 0 Å². The van der Waals surface area contributed by atoms with E-state index in [-0.39, 0.29) is 12.4 Å². The monoisotopic (exact) mass is 436 g/mol. The number of benzene rings is 3. The molecule has 6 nitrogen and oxygen atoms in total. The summed E-state index contributed by atoms with van der Waals surface area (Å²) in [6.45, 7) is 4.33. The molecule has 0 aliphatic carbocycles. The van der Waals surface area contributed by atoms with Gasteiger partial charge in [0.05, 0.1) is 18.0 Å². The molecule has 0 saturated carbocycles. The van der Waals surface area contributed by atoms with Crippen LogP contribution in [0.2, 0.25) is 0 Å². The average Bonchev–Trinajstić information content (AvgIpc) is 2.74. The molecule has 0 radical (unpaired) electrons. The highest BCUT2D eigenvalue weighted by atomic mass is 35.5. The first-order valence-electron chi connectivity index (χ1n) is 9.78. The Morgan fingerprint density at radius 2 is 1.61 bits per heavy atom. The highest BCUT2D eigenvalue weighted by molar-refractivity contribution is 5.94. The Hall–Kier alpha value is -3.51. The van der Waals surface area contributed by atoms with E-state index in [0.29, 0.717) is 45.8 Å². The predicted molar refractivity (Wildman–Crippen MR) is 128 cm³/mol. The second kappa shape index (κ2) is 9.53. The fourth-order valence-corrected chi connectivity index (χ4v) is 3.19. The lowest BCUT2D eigenvalue weighted by Crippen LogP contribution is -2.02. The van der Waals surface area contributed by atoms with Gasteiger partial charge in [0.15, 0.2) is 0 Å². The van der Waals surface area contributed by atoms with Gasteiger partial charge in [0.2, 0.25) is 5.95 Å². The number of methoxy groups -OCH3 is 1. The van der Waals surface area contributed by atoms with Gasteiger partial charge in [0.1, 0.15) is 23.1 Å². The van der Waals surface area contributed by atoms with Crippen molar-refractivity contribution in [3.63, 3.8) is 0 Å². The minimum Gasteiger partial charge on any atom is -0.497 e. The molecule has 0 atom stereocenters. The zero-order valence-corrected chi connectivity index (χ0v) is 18.4. The Kier molecular flexibility index (Phi) is 6.82. The lowest BCUT2D eigenvalue weighted by atomic mass is 10.0. The number of nitrogens with two attached hydrogens (primary N) is 1. The molecule has 0 fully saturated rings. The normalized spacial score (nSPS) is 10.6. The number of hydrogen-bond acceptors (Lipinski definition) is 6. The number of nitrogens with one attached hydrogen (secondary N) is 1. The molecular formula is C24H25ClN4O2. The van der Waals surface area contributed by atoms with Crippen LogP contribution in [0, 0.1) is 0 Å². The van der Waals surface area contributed by atoms with Crippen LogP contribution in [0.4, 0.5) is 17.5 Å². The molecule has 1 aromatic heterocycles. The highest BCUT2D eigenvalue weighted by Gasteiger charge is 2.12. The fourth-order valence-electron chi connectivity index (χ4n) is 3.19. The van der Waals surface area contributed by atoms with E-state index in [9.17, 15) is 0 Å². The molecule has 4 rings (SSSR count). The van der Waals surface area contributed by atoms with E-state index in [4.69, 9.17) is 15.2 Å². The van der Waals surface area contributed by atoms with E-state index < -0.39 is 0 Å². The topological polar surface area (TPSA) is 82.3 Å². The van der Waals surface area contributed by atoms with E-state index in [2.05, 4.69) is 41.3 Å². The summed E-state index contributed by atoms with van der Waals surface area (Å²) in [6, 6.07) is 21.2. The smallest absolute Gasteiger partial charge is 0.229 e. The molecule has 0 unspecified atom stereocenters. The second-order valence-corrected chi connectivity index (χ2v) is 7.27. The number of aromatic nitrogens is 2. The van der Waals surface area contributed by atoms with Crippen LogP contribution >= 0.6 is 12.4 Å². The summed E-state index contributed by atoms with van der Waals surface area (Å²) >= 11 is 0. The van der Waals surface area contributed by atoms with Crippen LogP contribution < -0.4 is 20.5 Å². The highest BCUT2D eigenvalue weighted by Crippen LogP contribution is 2.34. The Balaban J connectivity index is 0.00000272. The molecule has 0 aliphatic heterocycles. The summed E-state index contributed by atoms with van der Waals surface area (Å²) in [6.07, 6.45) is 0. The van der Waals surface area contributed by atoms with E-state index in [1.54, 1.807) is 7.11 Å². The van der Waals surface area contributed by atoms with Gasteiger partial charge in [-0.15, -0.1) is 12.4 Å². The number of nitrogen functional groups attached to an aromatic ring is 1. The van der Waals surface area contributed by atoms with Crippen molar-refractivity contribution in [1.82, 2.24) is 9.97 Å². The Morgan fingerprint density at radius 1 is 0.903 bits per heavy atom. The van der Waals surface area contributed by atoms with Crippen molar-refractivity contribution in [2.75, 3.05) is 18.2 Å². The van der Waals surface area contributed by atoms with Crippen LogP contribution in [-0.4, -0.2) is 17.1 Å². The molecular weight excluding hydrogens is 412 g/mol. The first-order chi connectivity index (χ1) is 14.5. The number of hydrogen-bond donors (Lipinski definition) is 2. The minimum atomic E-state index is 0. The third-order valence-electron chi connectivity index (χ3n) is 4.82. The first-order valence-corrected chi connectivity index (χ1v) is 9.78. The molecule has 3 aromatic carbocycles. The summed E-state index contributed by atoms with van der Waals surface area (Å²) in [7, 11) is 1.62. The van der Waals surface area contributed by atoms with Crippen molar-refractivity contribution in [1.29, 1.82) is 0 Å². The van der Waals surface area contributed by atoms with Crippen LogP contribution in [0.5, 0.6) is 17.2 Å². The van der Waals surface area contributed by atoms with Crippen LogP contribution in [0.25, 0.3) is 10.9 Å². The molecule has 0 spiro atoms. The molecule has 31 heavy (non-hydrogen) atoms. The molecule has 160 valence electrons. The van der Waals surface area contributed by atoms with Gasteiger partial charge < -0.3 is 20.5 Å². The summed E-state index contributed by atoms with van der Waals surface area (Å²) in [5, 5.41) is 3.90. The summed E-state index contributed by atoms with van der Waals surface area (Å²) in [4.78, 5) is 9.06. The van der Waals surface area contributed by atoms with Crippen LogP contribution in [0.3, 0.4) is 0 Å². The van der Waals surface area contributed by atoms with Crippen molar-refractivity contribution in [2.24, 2.45) is 0 Å². The van der Waals surface area contributed by atoms with Crippen molar-refractivity contribution in [3.8, 4) is 17.2 Å². The van der Waals surface area contributed by atoms with Crippen molar-refractivity contribution in [2.45, 2.75) is 19.8 Å².